The number of hydrogen-bond donors (Lipinski definition) is 1. The van der Waals surface area contributed by atoms with Gasteiger partial charge in [-0.25, -0.2) is 9.97 Å². The van der Waals surface area contributed by atoms with Crippen molar-refractivity contribution >= 4 is 12.6 Å². The van der Waals surface area contributed by atoms with Gasteiger partial charge in [0.25, 0.3) is 0 Å². The van der Waals surface area contributed by atoms with Crippen molar-refractivity contribution in [2.45, 2.75) is 52.9 Å². The van der Waals surface area contributed by atoms with E-state index in [1.807, 2.05) is 19.2 Å². The quantitative estimate of drug-likeness (QED) is 0.807. The summed E-state index contributed by atoms with van der Waals surface area (Å²) in [6, 6.07) is 1.94. The molecule has 1 rings (SSSR count). The molecule has 3 heteroatoms. The molecule has 0 aliphatic heterocycles. The summed E-state index contributed by atoms with van der Waals surface area (Å²) in [5.74, 6) is 1.88. The van der Waals surface area contributed by atoms with Crippen LogP contribution in [-0.2, 0) is 5.41 Å². The summed E-state index contributed by atoms with van der Waals surface area (Å²) in [6.07, 6.45) is 4.04. The Morgan fingerprint density at radius 2 is 1.88 bits per heavy atom. The van der Waals surface area contributed by atoms with Crippen LogP contribution in [-0.4, -0.2) is 15.7 Å². The van der Waals surface area contributed by atoms with Gasteiger partial charge < -0.3 is 0 Å². The molecule has 0 unspecified atom stereocenters. The highest BCUT2D eigenvalue weighted by atomic mass is 32.1. The van der Waals surface area contributed by atoms with Gasteiger partial charge in [-0.1, -0.05) is 27.7 Å². The molecule has 0 aliphatic rings. The second-order valence-corrected chi connectivity index (χ2v) is 6.67. The lowest BCUT2D eigenvalue weighted by molar-refractivity contribution is 0.243. The standard InChI is InChI=1S/C14H24N2S/c1-11-6-8-15-12(16-11)14(4,5)10-13(2,3)7-9-17/h6,8,17H,7,9-10H2,1-5H3. The fraction of sp³-hybridized carbons (Fsp3) is 0.714. The highest BCUT2D eigenvalue weighted by molar-refractivity contribution is 7.80. The van der Waals surface area contributed by atoms with Crippen LogP contribution in [0.1, 0.15) is 52.1 Å². The topological polar surface area (TPSA) is 25.8 Å². The second kappa shape index (κ2) is 5.38. The van der Waals surface area contributed by atoms with Crippen LogP contribution in [0, 0.1) is 12.3 Å². The van der Waals surface area contributed by atoms with Crippen molar-refractivity contribution in [2.24, 2.45) is 5.41 Å². The summed E-state index contributed by atoms with van der Waals surface area (Å²) in [6.45, 7) is 11.0. The van der Waals surface area contributed by atoms with Crippen molar-refractivity contribution in [3.05, 3.63) is 23.8 Å². The first kappa shape index (κ1) is 14.5. The van der Waals surface area contributed by atoms with E-state index in [4.69, 9.17) is 0 Å². The molecule has 96 valence electrons. The van der Waals surface area contributed by atoms with Crippen LogP contribution in [0.3, 0.4) is 0 Å². The van der Waals surface area contributed by atoms with Gasteiger partial charge in [0, 0.05) is 17.3 Å². The zero-order valence-corrected chi connectivity index (χ0v) is 12.5. The van der Waals surface area contributed by atoms with Crippen LogP contribution in [0.15, 0.2) is 12.3 Å². The van der Waals surface area contributed by atoms with Crippen LogP contribution in [0.25, 0.3) is 0 Å². The first-order valence-corrected chi connectivity index (χ1v) is 6.81. The molecule has 0 saturated carbocycles. The van der Waals surface area contributed by atoms with E-state index in [0.29, 0.717) is 0 Å². The Hall–Kier alpha value is -0.570. The lowest BCUT2D eigenvalue weighted by atomic mass is 9.73. The smallest absolute Gasteiger partial charge is 0.134 e. The first-order chi connectivity index (χ1) is 7.77. The average Bonchev–Trinajstić information content (AvgIpc) is 2.15. The van der Waals surface area contributed by atoms with Crippen LogP contribution in [0.4, 0.5) is 0 Å². The van der Waals surface area contributed by atoms with E-state index in [1.165, 1.54) is 0 Å². The molecule has 0 N–H and O–H groups in total. The second-order valence-electron chi connectivity index (χ2n) is 6.22. The van der Waals surface area contributed by atoms with Gasteiger partial charge in [-0.05, 0) is 37.0 Å². The van der Waals surface area contributed by atoms with Gasteiger partial charge in [0.05, 0.1) is 0 Å². The molecule has 0 atom stereocenters. The normalized spacial score (nSPS) is 12.8. The van der Waals surface area contributed by atoms with E-state index in [2.05, 4.69) is 50.3 Å². The van der Waals surface area contributed by atoms with Crippen LogP contribution in [0.2, 0.25) is 0 Å². The van der Waals surface area contributed by atoms with Crippen molar-refractivity contribution in [1.82, 2.24) is 9.97 Å². The summed E-state index contributed by atoms with van der Waals surface area (Å²) in [7, 11) is 0. The zero-order chi connectivity index (χ0) is 13.1. The Balaban J connectivity index is 2.88. The molecule has 2 nitrogen and oxygen atoms in total. The Morgan fingerprint density at radius 3 is 2.41 bits per heavy atom. The Labute approximate surface area is 111 Å². The number of rotatable bonds is 5. The van der Waals surface area contributed by atoms with Gasteiger partial charge in [-0.2, -0.15) is 12.6 Å². The minimum absolute atomic E-state index is 0.0124. The lowest BCUT2D eigenvalue weighted by Crippen LogP contribution is -2.29. The summed E-state index contributed by atoms with van der Waals surface area (Å²) < 4.78 is 0. The summed E-state index contributed by atoms with van der Waals surface area (Å²) >= 11 is 4.34. The van der Waals surface area contributed by atoms with E-state index < -0.39 is 0 Å². The molecule has 0 amide bonds. The van der Waals surface area contributed by atoms with Crippen molar-refractivity contribution < 1.29 is 0 Å². The molecule has 0 radical (unpaired) electrons. The number of aromatic nitrogens is 2. The Kier molecular flexibility index (Phi) is 4.59. The van der Waals surface area contributed by atoms with Gasteiger partial charge in [-0.3, -0.25) is 0 Å². The maximum Gasteiger partial charge on any atom is 0.134 e. The predicted octanol–water partition coefficient (Wildman–Crippen LogP) is 3.80. The predicted molar refractivity (Wildman–Crippen MR) is 76.7 cm³/mol. The molecule has 0 aliphatic carbocycles. The van der Waals surface area contributed by atoms with E-state index in [9.17, 15) is 0 Å². The van der Waals surface area contributed by atoms with Crippen LogP contribution < -0.4 is 0 Å². The molecular formula is C14H24N2S. The zero-order valence-electron chi connectivity index (χ0n) is 11.6. The van der Waals surface area contributed by atoms with E-state index in [-0.39, 0.29) is 10.8 Å². The summed E-state index contributed by atoms with van der Waals surface area (Å²) in [4.78, 5) is 8.98. The average molecular weight is 252 g/mol. The lowest BCUT2D eigenvalue weighted by Gasteiger charge is -2.33. The Bertz CT molecular complexity index is 372. The number of aryl methyl sites for hydroxylation is 1. The molecule has 17 heavy (non-hydrogen) atoms. The number of hydrogen-bond acceptors (Lipinski definition) is 3. The maximum absolute atomic E-state index is 4.56. The molecule has 0 saturated heterocycles. The maximum atomic E-state index is 4.56. The Morgan fingerprint density at radius 1 is 1.24 bits per heavy atom. The minimum atomic E-state index is 0.0124. The third-order valence-electron chi connectivity index (χ3n) is 3.11. The largest absolute Gasteiger partial charge is 0.241 e. The van der Waals surface area contributed by atoms with Gasteiger partial charge in [0.15, 0.2) is 0 Å². The highest BCUT2D eigenvalue weighted by Gasteiger charge is 2.31. The van der Waals surface area contributed by atoms with Crippen molar-refractivity contribution in [1.29, 1.82) is 0 Å². The molecule has 0 fully saturated rings. The van der Waals surface area contributed by atoms with E-state index in [0.717, 1.165) is 30.1 Å². The highest BCUT2D eigenvalue weighted by Crippen LogP contribution is 2.37. The van der Waals surface area contributed by atoms with Gasteiger partial charge in [0.1, 0.15) is 5.82 Å². The van der Waals surface area contributed by atoms with Crippen LogP contribution >= 0.6 is 12.6 Å². The van der Waals surface area contributed by atoms with Crippen LogP contribution in [0.5, 0.6) is 0 Å². The van der Waals surface area contributed by atoms with E-state index in [1.54, 1.807) is 0 Å². The third kappa shape index (κ3) is 4.30. The summed E-state index contributed by atoms with van der Waals surface area (Å²) in [5.41, 5.74) is 1.33. The van der Waals surface area contributed by atoms with Crippen molar-refractivity contribution in [3.63, 3.8) is 0 Å². The molecule has 1 aromatic rings. The monoisotopic (exact) mass is 252 g/mol. The van der Waals surface area contributed by atoms with Gasteiger partial charge in [0.2, 0.25) is 0 Å². The van der Waals surface area contributed by atoms with Gasteiger partial charge >= 0.3 is 0 Å². The fourth-order valence-electron chi connectivity index (χ4n) is 2.44. The molecule has 1 heterocycles. The van der Waals surface area contributed by atoms with E-state index >= 15 is 0 Å². The van der Waals surface area contributed by atoms with Gasteiger partial charge in [-0.15, -0.1) is 0 Å². The number of thiol groups is 1. The van der Waals surface area contributed by atoms with Crippen molar-refractivity contribution in [2.75, 3.05) is 5.75 Å². The molecule has 0 spiro atoms. The minimum Gasteiger partial charge on any atom is -0.241 e. The van der Waals surface area contributed by atoms with Crippen molar-refractivity contribution in [3.8, 4) is 0 Å². The molecule has 1 aromatic heterocycles. The molecule has 0 aromatic carbocycles. The first-order valence-electron chi connectivity index (χ1n) is 6.18. The SMILES string of the molecule is Cc1ccnc(C(C)(C)CC(C)(C)CCS)n1. The molecular weight excluding hydrogens is 228 g/mol. The fourth-order valence-corrected chi connectivity index (χ4v) is 3.05. The summed E-state index contributed by atoms with van der Waals surface area (Å²) in [5, 5.41) is 0. The molecule has 0 bridgehead atoms. The number of nitrogens with zero attached hydrogens (tertiary/aromatic N) is 2. The third-order valence-corrected chi connectivity index (χ3v) is 3.33.